The Morgan fingerprint density at radius 1 is 1.56 bits per heavy atom. The van der Waals surface area contributed by atoms with E-state index in [0.717, 1.165) is 0 Å². The second-order valence-electron chi connectivity index (χ2n) is 4.14. The second-order valence-corrected chi connectivity index (χ2v) is 4.14. The molecule has 3 N–H and O–H groups in total. The summed E-state index contributed by atoms with van der Waals surface area (Å²) < 4.78 is 18.3. The van der Waals surface area contributed by atoms with Gasteiger partial charge in [0.1, 0.15) is 5.82 Å². The number of benzene rings is 1. The fraction of sp³-hybridized carbons (Fsp3) is 0.462. The zero-order valence-corrected chi connectivity index (χ0v) is 10.7. The zero-order chi connectivity index (χ0) is 13.5. The molecule has 100 valence electrons. The van der Waals surface area contributed by atoms with E-state index in [9.17, 15) is 9.18 Å². The van der Waals surface area contributed by atoms with Crippen LogP contribution in [0.15, 0.2) is 18.2 Å². The molecular weight excluding hydrogens is 235 g/mol. The molecule has 0 spiro atoms. The van der Waals surface area contributed by atoms with Crippen LogP contribution >= 0.6 is 0 Å². The lowest BCUT2D eigenvalue weighted by molar-refractivity contribution is -0.116. The minimum atomic E-state index is -0.358. The number of ether oxygens (including phenoxy) is 1. The molecule has 1 unspecified atom stereocenters. The molecule has 0 radical (unpaired) electrons. The molecule has 1 atom stereocenters. The maximum absolute atomic E-state index is 13.2. The van der Waals surface area contributed by atoms with Crippen molar-refractivity contribution in [3.63, 3.8) is 0 Å². The average molecular weight is 254 g/mol. The minimum absolute atomic E-state index is 0.0450. The predicted octanol–water partition coefficient (Wildman–Crippen LogP) is 2.04. The predicted molar refractivity (Wildman–Crippen MR) is 68.6 cm³/mol. The smallest absolute Gasteiger partial charge is 0.224 e. The maximum atomic E-state index is 13.2. The quantitative estimate of drug-likeness (QED) is 0.816. The molecule has 0 fully saturated rings. The van der Waals surface area contributed by atoms with Crippen molar-refractivity contribution < 1.29 is 13.9 Å². The van der Waals surface area contributed by atoms with Crippen LogP contribution in [0.2, 0.25) is 0 Å². The first-order valence-electron chi connectivity index (χ1n) is 5.88. The SMILES string of the molecule is COC(C)CCC(=O)Nc1ccc(F)c(CN)c1. The summed E-state index contributed by atoms with van der Waals surface area (Å²) in [6.07, 6.45) is 1.06. The van der Waals surface area contributed by atoms with Crippen molar-refractivity contribution in [3.8, 4) is 0 Å². The number of amides is 1. The first kappa shape index (κ1) is 14.6. The molecular formula is C13H19FN2O2. The summed E-state index contributed by atoms with van der Waals surface area (Å²) in [5.41, 5.74) is 6.35. The lowest BCUT2D eigenvalue weighted by Gasteiger charge is -2.10. The Morgan fingerprint density at radius 2 is 2.28 bits per heavy atom. The van der Waals surface area contributed by atoms with Crippen LogP contribution in [-0.2, 0) is 16.1 Å². The highest BCUT2D eigenvalue weighted by molar-refractivity contribution is 5.90. The van der Waals surface area contributed by atoms with Gasteiger partial charge in [-0.3, -0.25) is 4.79 Å². The summed E-state index contributed by atoms with van der Waals surface area (Å²) in [5, 5.41) is 2.71. The fourth-order valence-electron chi connectivity index (χ4n) is 1.48. The van der Waals surface area contributed by atoms with E-state index in [1.165, 1.54) is 12.1 Å². The van der Waals surface area contributed by atoms with Crippen molar-refractivity contribution in [2.75, 3.05) is 12.4 Å². The standard InChI is InChI=1S/C13H19FN2O2/c1-9(18-2)3-6-13(17)16-11-4-5-12(14)10(7-11)8-15/h4-5,7,9H,3,6,8,15H2,1-2H3,(H,16,17). The molecule has 18 heavy (non-hydrogen) atoms. The molecule has 0 aromatic heterocycles. The van der Waals surface area contributed by atoms with E-state index in [-0.39, 0.29) is 24.4 Å². The number of carbonyl (C=O) groups is 1. The van der Waals surface area contributed by atoms with Crippen molar-refractivity contribution in [2.45, 2.75) is 32.4 Å². The Morgan fingerprint density at radius 3 is 2.89 bits per heavy atom. The van der Waals surface area contributed by atoms with Gasteiger partial charge in [-0.05, 0) is 31.5 Å². The summed E-state index contributed by atoms with van der Waals surface area (Å²) in [6, 6.07) is 4.37. The van der Waals surface area contributed by atoms with Gasteiger partial charge in [0.05, 0.1) is 6.10 Å². The highest BCUT2D eigenvalue weighted by atomic mass is 19.1. The lowest BCUT2D eigenvalue weighted by Crippen LogP contribution is -2.15. The molecule has 0 aliphatic heterocycles. The Hall–Kier alpha value is -1.46. The molecule has 1 amide bonds. The molecule has 1 aromatic rings. The molecule has 5 heteroatoms. The van der Waals surface area contributed by atoms with E-state index in [1.807, 2.05) is 6.92 Å². The van der Waals surface area contributed by atoms with Gasteiger partial charge in [-0.25, -0.2) is 4.39 Å². The highest BCUT2D eigenvalue weighted by Gasteiger charge is 2.07. The van der Waals surface area contributed by atoms with Gasteiger partial charge in [-0.1, -0.05) is 0 Å². The Labute approximate surface area is 106 Å². The molecule has 1 aromatic carbocycles. The normalized spacial score (nSPS) is 12.2. The van der Waals surface area contributed by atoms with E-state index in [0.29, 0.717) is 24.1 Å². The van der Waals surface area contributed by atoms with Gasteiger partial charge in [0, 0.05) is 31.3 Å². The van der Waals surface area contributed by atoms with Crippen molar-refractivity contribution in [3.05, 3.63) is 29.6 Å². The van der Waals surface area contributed by atoms with Crippen LogP contribution in [0.25, 0.3) is 0 Å². The van der Waals surface area contributed by atoms with Crippen molar-refractivity contribution in [1.82, 2.24) is 0 Å². The summed E-state index contributed by atoms with van der Waals surface area (Å²) in [6.45, 7) is 2.01. The van der Waals surface area contributed by atoms with Crippen LogP contribution in [0.5, 0.6) is 0 Å². The topological polar surface area (TPSA) is 64.3 Å². The molecule has 1 rings (SSSR count). The van der Waals surface area contributed by atoms with Gasteiger partial charge < -0.3 is 15.8 Å². The van der Waals surface area contributed by atoms with Gasteiger partial charge in [0.25, 0.3) is 0 Å². The van der Waals surface area contributed by atoms with Crippen molar-refractivity contribution >= 4 is 11.6 Å². The molecule has 4 nitrogen and oxygen atoms in total. The van der Waals surface area contributed by atoms with Crippen molar-refractivity contribution in [2.24, 2.45) is 5.73 Å². The molecule has 0 saturated carbocycles. The van der Waals surface area contributed by atoms with Crippen LogP contribution in [0.4, 0.5) is 10.1 Å². The van der Waals surface area contributed by atoms with Gasteiger partial charge in [0.15, 0.2) is 0 Å². The van der Waals surface area contributed by atoms with Gasteiger partial charge in [-0.2, -0.15) is 0 Å². The third-order valence-electron chi connectivity index (χ3n) is 2.73. The van der Waals surface area contributed by atoms with Crippen molar-refractivity contribution in [1.29, 1.82) is 0 Å². The van der Waals surface area contributed by atoms with E-state index < -0.39 is 0 Å². The fourth-order valence-corrected chi connectivity index (χ4v) is 1.48. The second kappa shape index (κ2) is 7.08. The maximum Gasteiger partial charge on any atom is 0.224 e. The number of methoxy groups -OCH3 is 1. The largest absolute Gasteiger partial charge is 0.382 e. The van der Waals surface area contributed by atoms with E-state index in [2.05, 4.69) is 5.32 Å². The first-order valence-corrected chi connectivity index (χ1v) is 5.88. The number of nitrogens with two attached hydrogens (primary N) is 1. The number of nitrogens with one attached hydrogen (secondary N) is 1. The highest BCUT2D eigenvalue weighted by Crippen LogP contribution is 2.15. The minimum Gasteiger partial charge on any atom is -0.382 e. The number of rotatable bonds is 6. The van der Waals surface area contributed by atoms with Gasteiger partial charge in [0.2, 0.25) is 5.91 Å². The zero-order valence-electron chi connectivity index (χ0n) is 10.7. The monoisotopic (exact) mass is 254 g/mol. The third-order valence-corrected chi connectivity index (χ3v) is 2.73. The van der Waals surface area contributed by atoms with Crippen LogP contribution in [0.3, 0.4) is 0 Å². The lowest BCUT2D eigenvalue weighted by atomic mass is 10.1. The molecule has 0 heterocycles. The Kier molecular flexibility index (Phi) is 5.74. The Bertz CT molecular complexity index is 410. The van der Waals surface area contributed by atoms with Crippen LogP contribution < -0.4 is 11.1 Å². The number of hydrogen-bond acceptors (Lipinski definition) is 3. The number of hydrogen-bond donors (Lipinski definition) is 2. The number of anilines is 1. The molecule has 0 aliphatic carbocycles. The average Bonchev–Trinajstić information content (AvgIpc) is 2.38. The summed E-state index contributed by atoms with van der Waals surface area (Å²) in [5.74, 6) is -0.475. The summed E-state index contributed by atoms with van der Waals surface area (Å²) in [7, 11) is 1.61. The summed E-state index contributed by atoms with van der Waals surface area (Å²) >= 11 is 0. The van der Waals surface area contributed by atoms with Gasteiger partial charge >= 0.3 is 0 Å². The van der Waals surface area contributed by atoms with Crippen LogP contribution in [0, 0.1) is 5.82 Å². The Balaban J connectivity index is 2.54. The van der Waals surface area contributed by atoms with E-state index >= 15 is 0 Å². The third kappa shape index (κ3) is 4.43. The van der Waals surface area contributed by atoms with E-state index in [1.54, 1.807) is 13.2 Å². The molecule has 0 aliphatic rings. The number of halogens is 1. The van der Waals surface area contributed by atoms with Crippen LogP contribution in [0.1, 0.15) is 25.3 Å². The van der Waals surface area contributed by atoms with E-state index in [4.69, 9.17) is 10.5 Å². The summed E-state index contributed by atoms with van der Waals surface area (Å²) in [4.78, 5) is 11.6. The van der Waals surface area contributed by atoms with Crippen LogP contribution in [-0.4, -0.2) is 19.1 Å². The van der Waals surface area contributed by atoms with Gasteiger partial charge in [-0.15, -0.1) is 0 Å². The first-order chi connectivity index (χ1) is 8.56. The number of carbonyl (C=O) groups excluding carboxylic acids is 1. The molecule has 0 bridgehead atoms. The molecule has 0 saturated heterocycles.